The average Bonchev–Trinajstić information content (AvgIpc) is 2.45. The summed E-state index contributed by atoms with van der Waals surface area (Å²) in [4.78, 5) is 23.5. The van der Waals surface area contributed by atoms with Crippen molar-refractivity contribution in [3.63, 3.8) is 0 Å². The number of esters is 1. The summed E-state index contributed by atoms with van der Waals surface area (Å²) in [5.41, 5.74) is 1.72. The number of rotatable bonds is 3. The third kappa shape index (κ3) is 3.45. The van der Waals surface area contributed by atoms with Crippen LogP contribution in [0, 0.1) is 0 Å². The number of carbonyl (C=O) groups is 1. The van der Waals surface area contributed by atoms with Crippen LogP contribution < -0.4 is 0 Å². The Morgan fingerprint density at radius 3 is 2.84 bits per heavy atom. The van der Waals surface area contributed by atoms with Crippen LogP contribution in [-0.2, 0) is 4.74 Å². The zero-order valence-corrected chi connectivity index (χ0v) is 11.7. The molecule has 2 aromatic heterocycles. The van der Waals surface area contributed by atoms with Crippen molar-refractivity contribution in [2.75, 3.05) is 7.11 Å². The van der Waals surface area contributed by atoms with Crippen LogP contribution in [0.3, 0.4) is 0 Å². The van der Waals surface area contributed by atoms with Crippen LogP contribution in [0.25, 0.3) is 12.2 Å². The van der Waals surface area contributed by atoms with Crippen LogP contribution in [0.5, 0.6) is 0 Å². The van der Waals surface area contributed by atoms with Gasteiger partial charge in [-0.25, -0.2) is 14.8 Å². The standard InChI is InChI=1S/C13H10BrN3O2/c1-19-13(18)11-7-16-8-17-12(11)3-2-9-4-10(14)6-15-5-9/h2-8H,1H3. The van der Waals surface area contributed by atoms with E-state index < -0.39 is 5.97 Å². The van der Waals surface area contributed by atoms with Gasteiger partial charge in [0.1, 0.15) is 11.9 Å². The molecule has 2 aromatic rings. The molecule has 0 unspecified atom stereocenters. The zero-order valence-electron chi connectivity index (χ0n) is 10.1. The molecule has 0 radical (unpaired) electrons. The lowest BCUT2D eigenvalue weighted by atomic mass is 10.2. The third-order valence-corrected chi connectivity index (χ3v) is 2.74. The van der Waals surface area contributed by atoms with E-state index in [0.717, 1.165) is 10.0 Å². The maximum Gasteiger partial charge on any atom is 0.341 e. The first-order valence-electron chi connectivity index (χ1n) is 5.37. The molecule has 0 bridgehead atoms. The minimum absolute atomic E-state index is 0.323. The van der Waals surface area contributed by atoms with Crippen molar-refractivity contribution in [2.24, 2.45) is 0 Å². The minimum Gasteiger partial charge on any atom is -0.465 e. The number of ether oxygens (including phenoxy) is 1. The van der Waals surface area contributed by atoms with Gasteiger partial charge in [0.05, 0.1) is 12.8 Å². The molecule has 96 valence electrons. The normalized spacial score (nSPS) is 10.6. The van der Waals surface area contributed by atoms with E-state index >= 15 is 0 Å². The lowest BCUT2D eigenvalue weighted by molar-refractivity contribution is 0.0599. The summed E-state index contributed by atoms with van der Waals surface area (Å²) in [5.74, 6) is -0.465. The van der Waals surface area contributed by atoms with Gasteiger partial charge in [0.15, 0.2) is 0 Å². The Morgan fingerprint density at radius 2 is 2.11 bits per heavy atom. The monoisotopic (exact) mass is 319 g/mol. The predicted molar refractivity (Wildman–Crippen MR) is 74.2 cm³/mol. The first-order chi connectivity index (χ1) is 9.20. The van der Waals surface area contributed by atoms with Crippen LogP contribution in [0.15, 0.2) is 35.5 Å². The summed E-state index contributed by atoms with van der Waals surface area (Å²) < 4.78 is 5.56. The highest BCUT2D eigenvalue weighted by atomic mass is 79.9. The summed E-state index contributed by atoms with van der Waals surface area (Å²) in [6.45, 7) is 0. The molecule has 0 saturated heterocycles. The van der Waals surface area contributed by atoms with Crippen molar-refractivity contribution in [1.82, 2.24) is 15.0 Å². The van der Waals surface area contributed by atoms with Crippen LogP contribution in [0.4, 0.5) is 0 Å². The summed E-state index contributed by atoms with van der Waals surface area (Å²) >= 11 is 3.34. The molecule has 0 aliphatic carbocycles. The van der Waals surface area contributed by atoms with Gasteiger partial charge in [-0.05, 0) is 33.6 Å². The molecule has 0 fully saturated rings. The summed E-state index contributed by atoms with van der Waals surface area (Å²) in [6.07, 6.45) is 9.75. The minimum atomic E-state index is -0.465. The number of methoxy groups -OCH3 is 1. The second-order valence-corrected chi connectivity index (χ2v) is 4.50. The van der Waals surface area contributed by atoms with E-state index in [1.165, 1.54) is 19.6 Å². The van der Waals surface area contributed by atoms with Crippen molar-refractivity contribution in [3.8, 4) is 0 Å². The molecule has 2 heterocycles. The van der Waals surface area contributed by atoms with E-state index in [2.05, 4.69) is 35.6 Å². The molecule has 6 heteroatoms. The van der Waals surface area contributed by atoms with Crippen molar-refractivity contribution in [3.05, 3.63) is 52.3 Å². The van der Waals surface area contributed by atoms with Crippen LogP contribution in [0.2, 0.25) is 0 Å². The van der Waals surface area contributed by atoms with Gasteiger partial charge in [-0.3, -0.25) is 4.98 Å². The van der Waals surface area contributed by atoms with Gasteiger partial charge in [0.25, 0.3) is 0 Å². The van der Waals surface area contributed by atoms with Gasteiger partial charge in [0, 0.05) is 23.1 Å². The molecule has 0 saturated carbocycles. The van der Waals surface area contributed by atoms with Gasteiger partial charge in [0.2, 0.25) is 0 Å². The zero-order chi connectivity index (χ0) is 13.7. The largest absolute Gasteiger partial charge is 0.465 e. The maximum atomic E-state index is 11.5. The highest BCUT2D eigenvalue weighted by Crippen LogP contribution is 2.13. The van der Waals surface area contributed by atoms with Gasteiger partial charge in [-0.2, -0.15) is 0 Å². The molecule has 0 N–H and O–H groups in total. The van der Waals surface area contributed by atoms with E-state index in [9.17, 15) is 4.79 Å². The van der Waals surface area contributed by atoms with Gasteiger partial charge < -0.3 is 4.74 Å². The fourth-order valence-electron chi connectivity index (χ4n) is 1.43. The molecule has 0 spiro atoms. The SMILES string of the molecule is COC(=O)c1cncnc1C=Cc1cncc(Br)c1. The Balaban J connectivity index is 2.31. The Labute approximate surface area is 118 Å². The average molecular weight is 320 g/mol. The Kier molecular flexibility index (Phi) is 4.35. The van der Waals surface area contributed by atoms with E-state index in [1.807, 2.05) is 12.1 Å². The van der Waals surface area contributed by atoms with Crippen molar-refractivity contribution >= 4 is 34.1 Å². The molecule has 0 aliphatic heterocycles. The lowest BCUT2D eigenvalue weighted by Gasteiger charge is -2.01. The van der Waals surface area contributed by atoms with Crippen molar-refractivity contribution in [1.29, 1.82) is 0 Å². The molecular formula is C13H10BrN3O2. The Bertz CT molecular complexity index is 629. The molecule has 0 atom stereocenters. The number of hydrogen-bond donors (Lipinski definition) is 0. The predicted octanol–water partition coefficient (Wildman–Crippen LogP) is 2.59. The molecule has 0 aromatic carbocycles. The molecule has 0 amide bonds. The van der Waals surface area contributed by atoms with Gasteiger partial charge >= 0.3 is 5.97 Å². The smallest absolute Gasteiger partial charge is 0.341 e. The van der Waals surface area contributed by atoms with Crippen LogP contribution >= 0.6 is 15.9 Å². The second-order valence-electron chi connectivity index (χ2n) is 3.58. The fourth-order valence-corrected chi connectivity index (χ4v) is 1.82. The highest BCUT2D eigenvalue weighted by Gasteiger charge is 2.10. The molecule has 2 rings (SSSR count). The van der Waals surface area contributed by atoms with E-state index in [4.69, 9.17) is 0 Å². The summed E-state index contributed by atoms with van der Waals surface area (Å²) in [5, 5.41) is 0. The number of nitrogens with zero attached hydrogens (tertiary/aromatic N) is 3. The topological polar surface area (TPSA) is 65.0 Å². The van der Waals surface area contributed by atoms with Gasteiger partial charge in [-0.15, -0.1) is 0 Å². The Morgan fingerprint density at radius 1 is 1.26 bits per heavy atom. The number of pyridine rings is 1. The number of hydrogen-bond acceptors (Lipinski definition) is 5. The number of halogens is 1. The fraction of sp³-hybridized carbons (Fsp3) is 0.0769. The number of aromatic nitrogens is 3. The Hall–Kier alpha value is -2.08. The van der Waals surface area contributed by atoms with Crippen LogP contribution in [-0.4, -0.2) is 28.0 Å². The van der Waals surface area contributed by atoms with E-state index in [0.29, 0.717) is 11.3 Å². The highest BCUT2D eigenvalue weighted by molar-refractivity contribution is 9.10. The van der Waals surface area contributed by atoms with E-state index in [-0.39, 0.29) is 0 Å². The molecule has 5 nitrogen and oxygen atoms in total. The second kappa shape index (κ2) is 6.19. The summed E-state index contributed by atoms with van der Waals surface area (Å²) in [7, 11) is 1.32. The molecule has 19 heavy (non-hydrogen) atoms. The first kappa shape index (κ1) is 13.4. The first-order valence-corrected chi connectivity index (χ1v) is 6.17. The van der Waals surface area contributed by atoms with Gasteiger partial charge in [-0.1, -0.05) is 6.08 Å². The third-order valence-electron chi connectivity index (χ3n) is 2.31. The number of carbonyl (C=O) groups excluding carboxylic acids is 1. The van der Waals surface area contributed by atoms with Crippen molar-refractivity contribution in [2.45, 2.75) is 0 Å². The maximum absolute atomic E-state index is 11.5. The quantitative estimate of drug-likeness (QED) is 0.813. The lowest BCUT2D eigenvalue weighted by Crippen LogP contribution is -2.05. The van der Waals surface area contributed by atoms with E-state index in [1.54, 1.807) is 18.5 Å². The molecular weight excluding hydrogens is 310 g/mol. The van der Waals surface area contributed by atoms with Crippen LogP contribution in [0.1, 0.15) is 21.6 Å². The molecule has 0 aliphatic rings. The summed E-state index contributed by atoms with van der Waals surface area (Å²) in [6, 6.07) is 1.91. The van der Waals surface area contributed by atoms with Crippen molar-refractivity contribution < 1.29 is 9.53 Å².